The molecule has 8 heavy (non-hydrogen) atoms. The average molecular weight is 132 g/mol. The zero-order valence-electron chi connectivity index (χ0n) is 4.17. The first kappa shape index (κ1) is 5.30. The van der Waals surface area contributed by atoms with E-state index in [0.717, 1.165) is 0 Å². The van der Waals surface area contributed by atoms with E-state index in [1.54, 1.807) is 7.05 Å². The fourth-order valence-corrected chi connectivity index (χ4v) is 0.475. The second-order valence-corrected chi connectivity index (χ2v) is 1.69. The predicted molar refractivity (Wildman–Crippen MR) is 29.1 cm³/mol. The van der Waals surface area contributed by atoms with Gasteiger partial charge < -0.3 is 4.52 Å². The fourth-order valence-electron chi connectivity index (χ4n) is 0.355. The Bertz CT molecular complexity index is 280. The van der Waals surface area contributed by atoms with E-state index in [1.165, 1.54) is 4.74 Å². The molecule has 0 atom stereocenters. The van der Waals surface area contributed by atoms with Crippen molar-refractivity contribution in [2.45, 2.75) is 0 Å². The van der Waals surface area contributed by atoms with Gasteiger partial charge in [-0.1, -0.05) is 0 Å². The molecule has 0 radical (unpaired) electrons. The van der Waals surface area contributed by atoms with Crippen LogP contribution in [0.5, 0.6) is 0 Å². The molecule has 0 saturated heterocycles. The molecule has 0 aliphatic heterocycles. The Balaban J connectivity index is 3.59. The smallest absolute Gasteiger partial charge is 0.319 e. The Morgan fingerprint density at radius 3 is 2.62 bits per heavy atom. The molecule has 0 unspecified atom stereocenters. The van der Waals surface area contributed by atoms with E-state index in [-0.39, 0.29) is 0 Å². The second-order valence-electron chi connectivity index (χ2n) is 1.31. The number of aromatic amines is 1. The lowest BCUT2D eigenvalue weighted by molar-refractivity contribution is 0.281. The lowest BCUT2D eigenvalue weighted by Crippen LogP contribution is -1.93. The van der Waals surface area contributed by atoms with Crippen LogP contribution in [0.4, 0.5) is 0 Å². The molecule has 1 rings (SSSR count). The highest BCUT2D eigenvalue weighted by Gasteiger charge is 1.88. The molecule has 0 aliphatic carbocycles. The number of nitrogens with one attached hydrogen (secondary N) is 1. The van der Waals surface area contributed by atoms with Gasteiger partial charge >= 0.3 is 5.76 Å². The van der Waals surface area contributed by atoms with Crippen LogP contribution in [0.3, 0.4) is 0 Å². The van der Waals surface area contributed by atoms with Gasteiger partial charge in [-0.05, 0) is 12.2 Å². The van der Waals surface area contributed by atoms with Crippen molar-refractivity contribution in [2.24, 2.45) is 7.05 Å². The average Bonchev–Trinajstić information content (AvgIpc) is 1.85. The van der Waals surface area contributed by atoms with Crippen molar-refractivity contribution in [3.8, 4) is 0 Å². The van der Waals surface area contributed by atoms with Crippen molar-refractivity contribution in [2.75, 3.05) is 0 Å². The van der Waals surface area contributed by atoms with E-state index in [1.807, 2.05) is 0 Å². The fraction of sp³-hybridized carbons (Fsp3) is 0.333. The van der Waals surface area contributed by atoms with E-state index >= 15 is 0 Å². The first-order valence-electron chi connectivity index (χ1n) is 1.97. The first-order chi connectivity index (χ1) is 3.70. The summed E-state index contributed by atoms with van der Waals surface area (Å²) in [5.41, 5.74) is 0. The van der Waals surface area contributed by atoms with E-state index in [2.05, 4.69) is 21.7 Å². The third-order valence-corrected chi connectivity index (χ3v) is 1.07. The largest absolute Gasteiger partial charge is 0.438 e. The molecule has 0 aromatic carbocycles. The van der Waals surface area contributed by atoms with Crippen LogP contribution in [0.15, 0.2) is 9.32 Å². The molecule has 1 aromatic heterocycles. The van der Waals surface area contributed by atoms with E-state index in [4.69, 9.17) is 0 Å². The van der Waals surface area contributed by atoms with Crippen LogP contribution in [0.25, 0.3) is 0 Å². The normalized spacial score (nSPS) is 9.62. The molecule has 1 heterocycles. The maximum Gasteiger partial charge on any atom is 0.438 e. The van der Waals surface area contributed by atoms with E-state index < -0.39 is 5.76 Å². The zero-order chi connectivity index (χ0) is 6.15. The second kappa shape index (κ2) is 1.59. The molecule has 0 amide bonds. The van der Waals surface area contributed by atoms with Crippen molar-refractivity contribution >= 4 is 12.2 Å². The highest BCUT2D eigenvalue weighted by Crippen LogP contribution is 1.75. The number of hydrogen-bond acceptors (Lipinski definition) is 3. The van der Waals surface area contributed by atoms with Crippen LogP contribution < -0.4 is 5.76 Å². The highest BCUT2D eigenvalue weighted by atomic mass is 32.1. The summed E-state index contributed by atoms with van der Waals surface area (Å²) in [6.45, 7) is 0. The lowest BCUT2D eigenvalue weighted by Gasteiger charge is -1.76. The SMILES string of the molecule is Cn1oc(=O)[nH]c1=S. The Morgan fingerprint density at radius 2 is 2.50 bits per heavy atom. The molecule has 0 saturated carbocycles. The summed E-state index contributed by atoms with van der Waals surface area (Å²) in [5.74, 6) is -0.516. The van der Waals surface area contributed by atoms with Gasteiger partial charge in [0.25, 0.3) is 0 Å². The topological polar surface area (TPSA) is 50.9 Å². The number of nitrogens with zero attached hydrogens (tertiary/aromatic N) is 1. The molecular formula is C3H4N2O2S. The molecule has 0 bridgehead atoms. The number of aryl methyl sites for hydroxylation is 1. The van der Waals surface area contributed by atoms with Gasteiger partial charge in [-0.2, -0.15) is 4.74 Å². The Kier molecular flexibility index (Phi) is 1.05. The van der Waals surface area contributed by atoms with Crippen LogP contribution in [0.2, 0.25) is 0 Å². The summed E-state index contributed by atoms with van der Waals surface area (Å²) in [4.78, 5) is 12.5. The molecule has 1 aromatic rings. The van der Waals surface area contributed by atoms with Gasteiger partial charge in [0.05, 0.1) is 0 Å². The van der Waals surface area contributed by atoms with Crippen molar-refractivity contribution in [1.29, 1.82) is 0 Å². The van der Waals surface area contributed by atoms with Gasteiger partial charge in [-0.25, -0.2) is 4.79 Å². The van der Waals surface area contributed by atoms with Crippen LogP contribution in [0.1, 0.15) is 0 Å². The molecule has 0 aliphatic rings. The van der Waals surface area contributed by atoms with Crippen LogP contribution in [0, 0.1) is 4.77 Å². The predicted octanol–water partition coefficient (Wildman–Crippen LogP) is 0.0359. The summed E-state index contributed by atoms with van der Waals surface area (Å²) < 4.78 is 5.91. The van der Waals surface area contributed by atoms with Crippen molar-refractivity contribution in [1.82, 2.24) is 9.72 Å². The minimum atomic E-state index is -0.516. The van der Waals surface area contributed by atoms with Crippen LogP contribution in [-0.2, 0) is 7.05 Å². The lowest BCUT2D eigenvalue weighted by atomic mass is 11.2. The van der Waals surface area contributed by atoms with Gasteiger partial charge in [0.1, 0.15) is 0 Å². The van der Waals surface area contributed by atoms with Gasteiger partial charge in [-0.3, -0.25) is 4.98 Å². The zero-order valence-corrected chi connectivity index (χ0v) is 4.99. The van der Waals surface area contributed by atoms with Gasteiger partial charge in [0, 0.05) is 7.05 Å². The summed E-state index contributed by atoms with van der Waals surface area (Å²) in [6, 6.07) is 0. The highest BCUT2D eigenvalue weighted by molar-refractivity contribution is 7.71. The van der Waals surface area contributed by atoms with E-state index in [9.17, 15) is 4.79 Å². The maximum absolute atomic E-state index is 10.2. The number of aromatic nitrogens is 2. The van der Waals surface area contributed by atoms with Crippen molar-refractivity contribution in [3.05, 3.63) is 15.3 Å². The van der Waals surface area contributed by atoms with Crippen molar-refractivity contribution < 1.29 is 4.52 Å². The Labute approximate surface area is 49.7 Å². The van der Waals surface area contributed by atoms with Gasteiger partial charge in [0.15, 0.2) is 0 Å². The number of hydrogen-bond donors (Lipinski definition) is 1. The van der Waals surface area contributed by atoms with Crippen LogP contribution in [-0.4, -0.2) is 9.72 Å². The summed E-state index contributed by atoms with van der Waals surface area (Å²) in [5, 5.41) is 0. The van der Waals surface area contributed by atoms with Crippen LogP contribution >= 0.6 is 12.2 Å². The van der Waals surface area contributed by atoms with Gasteiger partial charge in [-0.15, -0.1) is 0 Å². The first-order valence-corrected chi connectivity index (χ1v) is 2.37. The summed E-state index contributed by atoms with van der Waals surface area (Å²) >= 11 is 4.59. The molecule has 4 nitrogen and oxygen atoms in total. The van der Waals surface area contributed by atoms with E-state index in [0.29, 0.717) is 4.77 Å². The minimum absolute atomic E-state index is 0.301. The molecule has 44 valence electrons. The third-order valence-electron chi connectivity index (χ3n) is 0.715. The third kappa shape index (κ3) is 0.717. The number of H-pyrrole nitrogens is 1. The quantitative estimate of drug-likeness (QED) is 0.507. The van der Waals surface area contributed by atoms with Gasteiger partial charge in [0.2, 0.25) is 4.77 Å². The molecule has 1 N–H and O–H groups in total. The Morgan fingerprint density at radius 1 is 1.88 bits per heavy atom. The molecule has 0 fully saturated rings. The van der Waals surface area contributed by atoms with Crippen molar-refractivity contribution in [3.63, 3.8) is 0 Å². The minimum Gasteiger partial charge on any atom is -0.319 e. The molecule has 5 heteroatoms. The summed E-state index contributed by atoms with van der Waals surface area (Å²) in [7, 11) is 1.56. The maximum atomic E-state index is 10.2. The Hall–Kier alpha value is -0.840. The molecule has 0 spiro atoms. The number of rotatable bonds is 0. The monoisotopic (exact) mass is 132 g/mol. The standard InChI is InChI=1S/C3H4N2O2S/c1-5-2(8)4-3(6)7-5/h1H3,(H,4,6,8). The summed E-state index contributed by atoms with van der Waals surface area (Å²) in [6.07, 6.45) is 0. The molecular weight excluding hydrogens is 128 g/mol.